The Balaban J connectivity index is 1.40. The van der Waals surface area contributed by atoms with E-state index in [-0.39, 0.29) is 18.4 Å². The van der Waals surface area contributed by atoms with E-state index < -0.39 is 5.76 Å². The zero-order chi connectivity index (χ0) is 24.5. The lowest BCUT2D eigenvalue weighted by Gasteiger charge is -2.26. The van der Waals surface area contributed by atoms with Crippen molar-refractivity contribution in [3.8, 4) is 11.5 Å². The van der Waals surface area contributed by atoms with Gasteiger partial charge < -0.3 is 29.1 Å². The molecule has 182 valence electrons. The van der Waals surface area contributed by atoms with Crippen molar-refractivity contribution in [3.05, 3.63) is 52.6 Å². The molecule has 1 fully saturated rings. The fourth-order valence-corrected chi connectivity index (χ4v) is 4.45. The number of amides is 2. The lowest BCUT2D eigenvalue weighted by Crippen LogP contribution is -2.39. The molecule has 2 aromatic carbocycles. The number of hydrogen-bond donors (Lipinski definition) is 2. The van der Waals surface area contributed by atoms with E-state index in [0.717, 1.165) is 24.6 Å². The van der Waals surface area contributed by atoms with E-state index in [2.05, 4.69) is 10.3 Å². The van der Waals surface area contributed by atoms with Gasteiger partial charge in [0.2, 0.25) is 5.91 Å². The average molecular weight is 479 g/mol. The summed E-state index contributed by atoms with van der Waals surface area (Å²) in [6, 6.07) is 10.1. The summed E-state index contributed by atoms with van der Waals surface area (Å²) < 4.78 is 17.3. The molecule has 3 heterocycles. The van der Waals surface area contributed by atoms with Crippen LogP contribution in [0.25, 0.3) is 22.0 Å². The van der Waals surface area contributed by atoms with Crippen LogP contribution >= 0.6 is 0 Å². The molecule has 10 heteroatoms. The molecule has 1 aliphatic heterocycles. The lowest BCUT2D eigenvalue weighted by atomic mass is 10.1. The summed E-state index contributed by atoms with van der Waals surface area (Å²) in [6.07, 6.45) is 3.04. The van der Waals surface area contributed by atoms with Gasteiger partial charge in [-0.05, 0) is 43.5 Å². The molecule has 2 aromatic heterocycles. The highest BCUT2D eigenvalue weighted by Gasteiger charge is 2.20. The van der Waals surface area contributed by atoms with E-state index >= 15 is 0 Å². The number of nitrogens with one attached hydrogen (secondary N) is 2. The minimum absolute atomic E-state index is 0.104. The SMILES string of the molecule is COc1cc(OC)c2cc(C(=O)Nc3ccc4oc(=O)n(CC(=O)N5CCCCC5)c4c3)[nH]c2c1. The molecule has 10 nitrogen and oxygen atoms in total. The van der Waals surface area contributed by atoms with Gasteiger partial charge in [-0.3, -0.25) is 14.2 Å². The number of anilines is 1. The van der Waals surface area contributed by atoms with Crippen LogP contribution in [0.1, 0.15) is 29.8 Å². The molecule has 4 aromatic rings. The van der Waals surface area contributed by atoms with Gasteiger partial charge >= 0.3 is 5.76 Å². The number of aromatic nitrogens is 2. The number of carbonyl (C=O) groups excluding carboxylic acids is 2. The molecule has 2 N–H and O–H groups in total. The lowest BCUT2D eigenvalue weighted by molar-refractivity contribution is -0.132. The summed E-state index contributed by atoms with van der Waals surface area (Å²) in [5.74, 6) is 0.0859. The molecule has 1 aliphatic rings. The van der Waals surface area contributed by atoms with Gasteiger partial charge in [0.05, 0.1) is 25.3 Å². The first kappa shape index (κ1) is 22.6. The van der Waals surface area contributed by atoms with Crippen LogP contribution in [0, 0.1) is 0 Å². The standard InChI is InChI=1S/C25H26N4O6/c1-33-16-11-18-17(22(12-16)34-2)13-19(27-18)24(31)26-15-6-7-21-20(10-15)29(25(32)35-21)14-23(30)28-8-4-3-5-9-28/h6-7,10-13,27H,3-5,8-9,14H2,1-2H3,(H,26,31). The third-order valence-electron chi connectivity index (χ3n) is 6.30. The minimum Gasteiger partial charge on any atom is -0.497 e. The molecule has 1 saturated heterocycles. The number of benzene rings is 2. The van der Waals surface area contributed by atoms with Crippen molar-refractivity contribution in [2.24, 2.45) is 0 Å². The molecule has 0 aliphatic carbocycles. The number of piperidine rings is 1. The Kier molecular flexibility index (Phi) is 5.94. The highest BCUT2D eigenvalue weighted by atomic mass is 16.5. The quantitative estimate of drug-likeness (QED) is 0.439. The number of carbonyl (C=O) groups is 2. The van der Waals surface area contributed by atoms with Crippen molar-refractivity contribution >= 4 is 39.5 Å². The van der Waals surface area contributed by atoms with Crippen molar-refractivity contribution in [3.63, 3.8) is 0 Å². The summed E-state index contributed by atoms with van der Waals surface area (Å²) in [5.41, 5.74) is 2.28. The highest BCUT2D eigenvalue weighted by molar-refractivity contribution is 6.07. The van der Waals surface area contributed by atoms with E-state index in [0.29, 0.717) is 52.6 Å². The van der Waals surface area contributed by atoms with Crippen LogP contribution in [0.3, 0.4) is 0 Å². The number of likely N-dealkylation sites (tertiary alicyclic amines) is 1. The first-order chi connectivity index (χ1) is 17.0. The number of nitrogens with zero attached hydrogens (tertiary/aromatic N) is 2. The van der Waals surface area contributed by atoms with Gasteiger partial charge in [0.25, 0.3) is 5.91 Å². The van der Waals surface area contributed by atoms with Gasteiger partial charge in [-0.1, -0.05) is 0 Å². The maximum atomic E-state index is 13.0. The summed E-state index contributed by atoms with van der Waals surface area (Å²) in [6.45, 7) is 1.30. The van der Waals surface area contributed by atoms with E-state index in [1.54, 1.807) is 55.5 Å². The molecule has 35 heavy (non-hydrogen) atoms. The number of ether oxygens (including phenoxy) is 2. The molecule has 0 spiro atoms. The number of aromatic amines is 1. The molecular weight excluding hydrogens is 452 g/mol. The Morgan fingerprint density at radius 3 is 2.60 bits per heavy atom. The Morgan fingerprint density at radius 2 is 1.86 bits per heavy atom. The largest absolute Gasteiger partial charge is 0.497 e. The third kappa shape index (κ3) is 4.34. The van der Waals surface area contributed by atoms with Crippen LogP contribution in [-0.4, -0.2) is 53.6 Å². The molecule has 0 bridgehead atoms. The maximum absolute atomic E-state index is 13.0. The fourth-order valence-electron chi connectivity index (χ4n) is 4.45. The zero-order valence-electron chi connectivity index (χ0n) is 19.6. The first-order valence-corrected chi connectivity index (χ1v) is 11.4. The fraction of sp³-hybridized carbons (Fsp3) is 0.320. The van der Waals surface area contributed by atoms with Crippen LogP contribution in [0.15, 0.2) is 45.6 Å². The third-order valence-corrected chi connectivity index (χ3v) is 6.30. The summed E-state index contributed by atoms with van der Waals surface area (Å²) in [4.78, 5) is 43.0. The first-order valence-electron chi connectivity index (χ1n) is 11.4. The van der Waals surface area contributed by atoms with Crippen LogP contribution in [0.2, 0.25) is 0 Å². The smallest absolute Gasteiger partial charge is 0.420 e. The van der Waals surface area contributed by atoms with Crippen molar-refractivity contribution < 1.29 is 23.5 Å². The van der Waals surface area contributed by atoms with Gasteiger partial charge in [-0.2, -0.15) is 0 Å². The predicted octanol–water partition coefficient (Wildman–Crippen LogP) is 3.36. The van der Waals surface area contributed by atoms with Crippen LogP contribution in [0.4, 0.5) is 5.69 Å². The Bertz CT molecular complexity index is 1470. The van der Waals surface area contributed by atoms with Crippen LogP contribution in [-0.2, 0) is 11.3 Å². The van der Waals surface area contributed by atoms with Gasteiger partial charge in [-0.25, -0.2) is 4.79 Å². The van der Waals surface area contributed by atoms with Crippen molar-refractivity contribution in [2.45, 2.75) is 25.8 Å². The number of fused-ring (bicyclic) bond motifs is 2. The van der Waals surface area contributed by atoms with Gasteiger partial charge in [-0.15, -0.1) is 0 Å². The second-order valence-corrected chi connectivity index (χ2v) is 8.51. The molecular formula is C25H26N4O6. The van der Waals surface area contributed by atoms with Crippen molar-refractivity contribution in [1.82, 2.24) is 14.5 Å². The van der Waals surface area contributed by atoms with Gasteiger partial charge in [0.1, 0.15) is 23.7 Å². The van der Waals surface area contributed by atoms with E-state index in [9.17, 15) is 14.4 Å². The average Bonchev–Trinajstić information content (AvgIpc) is 3.44. The van der Waals surface area contributed by atoms with Gasteiger partial charge in [0, 0.05) is 36.3 Å². The van der Waals surface area contributed by atoms with E-state index in [1.807, 2.05) is 0 Å². The number of methoxy groups -OCH3 is 2. The molecule has 5 rings (SSSR count). The van der Waals surface area contributed by atoms with Gasteiger partial charge in [0.15, 0.2) is 5.58 Å². The number of H-pyrrole nitrogens is 1. The number of rotatable bonds is 6. The Labute approximate surface area is 200 Å². The molecule has 0 saturated carbocycles. The second-order valence-electron chi connectivity index (χ2n) is 8.51. The summed E-state index contributed by atoms with van der Waals surface area (Å²) >= 11 is 0. The van der Waals surface area contributed by atoms with E-state index in [4.69, 9.17) is 13.9 Å². The summed E-state index contributed by atoms with van der Waals surface area (Å²) in [5, 5.41) is 3.58. The zero-order valence-corrected chi connectivity index (χ0v) is 19.6. The number of hydrogen-bond acceptors (Lipinski definition) is 6. The molecule has 2 amide bonds. The maximum Gasteiger partial charge on any atom is 0.420 e. The Morgan fingerprint density at radius 1 is 1.06 bits per heavy atom. The topological polar surface area (TPSA) is 119 Å². The van der Waals surface area contributed by atoms with E-state index in [1.165, 1.54) is 4.57 Å². The minimum atomic E-state index is -0.606. The molecule has 0 unspecified atom stereocenters. The summed E-state index contributed by atoms with van der Waals surface area (Å²) in [7, 11) is 3.11. The van der Waals surface area contributed by atoms with Crippen LogP contribution in [0.5, 0.6) is 11.5 Å². The normalized spacial score (nSPS) is 13.8. The molecule has 0 atom stereocenters. The van der Waals surface area contributed by atoms with Crippen molar-refractivity contribution in [2.75, 3.05) is 32.6 Å². The molecule has 0 radical (unpaired) electrons. The highest BCUT2D eigenvalue weighted by Crippen LogP contribution is 2.32. The second kappa shape index (κ2) is 9.21. The predicted molar refractivity (Wildman–Crippen MR) is 130 cm³/mol. The van der Waals surface area contributed by atoms with Crippen LogP contribution < -0.4 is 20.5 Å². The number of oxazole rings is 1. The monoisotopic (exact) mass is 478 g/mol. The van der Waals surface area contributed by atoms with Crippen molar-refractivity contribution in [1.29, 1.82) is 0 Å². The Hall–Kier alpha value is -4.21.